The highest BCUT2D eigenvalue weighted by atomic mass is 35.5. The van der Waals surface area contributed by atoms with Crippen LogP contribution < -0.4 is 5.32 Å². The minimum atomic E-state index is -1.27. The Hall–Kier alpha value is -1.85. The maximum absolute atomic E-state index is 12.4. The molecule has 0 saturated carbocycles. The average Bonchev–Trinajstić information content (AvgIpc) is 3.11. The molecular formula is C20H22ClNO3S. The molecule has 1 amide bonds. The third-order valence-corrected chi connectivity index (χ3v) is 5.90. The molecule has 0 aliphatic heterocycles. The molecule has 1 N–H and O–H groups in total. The van der Waals surface area contributed by atoms with E-state index in [9.17, 15) is 9.00 Å². The van der Waals surface area contributed by atoms with E-state index in [0.29, 0.717) is 22.2 Å². The molecule has 138 valence electrons. The predicted molar refractivity (Wildman–Crippen MR) is 104 cm³/mol. The fourth-order valence-electron chi connectivity index (χ4n) is 2.95. The van der Waals surface area contributed by atoms with Gasteiger partial charge in [-0.1, -0.05) is 29.3 Å². The van der Waals surface area contributed by atoms with Crippen molar-refractivity contribution in [1.82, 2.24) is 5.32 Å². The molecule has 6 heteroatoms. The van der Waals surface area contributed by atoms with Crippen molar-refractivity contribution in [2.75, 3.05) is 6.54 Å². The Morgan fingerprint density at radius 2 is 2.12 bits per heavy atom. The van der Waals surface area contributed by atoms with Crippen LogP contribution in [0.2, 0.25) is 5.02 Å². The van der Waals surface area contributed by atoms with Gasteiger partial charge in [-0.15, -0.1) is 0 Å². The van der Waals surface area contributed by atoms with Gasteiger partial charge < -0.3 is 9.73 Å². The first-order valence-corrected chi connectivity index (χ1v) is 10.5. The molecule has 1 aliphatic rings. The second-order valence-electron chi connectivity index (χ2n) is 6.33. The van der Waals surface area contributed by atoms with Crippen molar-refractivity contribution in [1.29, 1.82) is 0 Å². The highest BCUT2D eigenvalue weighted by Crippen LogP contribution is 2.20. The summed E-state index contributed by atoms with van der Waals surface area (Å²) in [7, 11) is -1.27. The number of rotatable bonds is 7. The second-order valence-corrected chi connectivity index (χ2v) is 8.21. The smallest absolute Gasteiger partial charge is 0.287 e. The van der Waals surface area contributed by atoms with Crippen molar-refractivity contribution in [3.05, 3.63) is 64.6 Å². The Morgan fingerprint density at radius 1 is 1.23 bits per heavy atom. The Labute approximate surface area is 161 Å². The highest BCUT2D eigenvalue weighted by Gasteiger charge is 2.14. The molecule has 1 aromatic heterocycles. The summed E-state index contributed by atoms with van der Waals surface area (Å²) in [6.07, 6.45) is 7.96. The van der Waals surface area contributed by atoms with Gasteiger partial charge >= 0.3 is 0 Å². The van der Waals surface area contributed by atoms with Crippen molar-refractivity contribution in [2.24, 2.45) is 0 Å². The lowest BCUT2D eigenvalue weighted by Gasteiger charge is -2.12. The van der Waals surface area contributed by atoms with E-state index in [1.54, 1.807) is 36.4 Å². The predicted octanol–water partition coefficient (Wildman–Crippen LogP) is 4.86. The Bertz CT molecular complexity index is 828. The molecule has 1 aromatic carbocycles. The van der Waals surface area contributed by atoms with E-state index in [1.807, 2.05) is 0 Å². The lowest BCUT2D eigenvalue weighted by Crippen LogP contribution is -2.24. The van der Waals surface area contributed by atoms with Crippen LogP contribution in [-0.4, -0.2) is 16.7 Å². The minimum Gasteiger partial charge on any atom is -0.455 e. The van der Waals surface area contributed by atoms with Gasteiger partial charge in [0.25, 0.3) is 5.91 Å². The number of allylic oxidation sites excluding steroid dienone is 1. The quantitative estimate of drug-likeness (QED) is 0.685. The van der Waals surface area contributed by atoms with E-state index in [1.165, 1.54) is 18.4 Å². The van der Waals surface area contributed by atoms with E-state index < -0.39 is 10.8 Å². The molecule has 4 nitrogen and oxygen atoms in total. The number of carbonyl (C=O) groups excluding carboxylic acids is 1. The zero-order valence-electron chi connectivity index (χ0n) is 14.5. The summed E-state index contributed by atoms with van der Waals surface area (Å²) < 4.78 is 17.9. The molecule has 0 saturated heterocycles. The summed E-state index contributed by atoms with van der Waals surface area (Å²) >= 11 is 5.93. The summed E-state index contributed by atoms with van der Waals surface area (Å²) in [4.78, 5) is 12.8. The number of furan rings is 1. The van der Waals surface area contributed by atoms with Crippen LogP contribution in [0.4, 0.5) is 0 Å². The molecule has 0 spiro atoms. The molecule has 0 unspecified atom stereocenters. The maximum atomic E-state index is 12.4. The molecular weight excluding hydrogens is 370 g/mol. The Kier molecular flexibility index (Phi) is 6.69. The van der Waals surface area contributed by atoms with Crippen molar-refractivity contribution in [3.8, 4) is 0 Å². The summed E-state index contributed by atoms with van der Waals surface area (Å²) in [5.41, 5.74) is 1.42. The summed E-state index contributed by atoms with van der Waals surface area (Å²) in [5.74, 6) is 0.742. The van der Waals surface area contributed by atoms with Gasteiger partial charge in [-0.25, -0.2) is 0 Å². The summed E-state index contributed by atoms with van der Waals surface area (Å²) in [6.45, 7) is 0.606. The van der Waals surface area contributed by atoms with Crippen LogP contribution in [0.5, 0.6) is 0 Å². The lowest BCUT2D eigenvalue weighted by molar-refractivity contribution is 0.0925. The first-order chi connectivity index (χ1) is 12.6. The fourth-order valence-corrected chi connectivity index (χ4v) is 4.28. The largest absolute Gasteiger partial charge is 0.455 e. The molecule has 1 aliphatic carbocycles. The standard InChI is InChI=1S/C20H22ClNO3S/c21-16-7-4-8-18(13-16)26(24)14-17-9-10-19(25-17)20(23)22-12-11-15-5-2-1-3-6-15/h4-5,7-10,13H,1-3,6,11-12,14H2,(H,22,23)/t26-/m1/s1. The van der Waals surface area contributed by atoms with Gasteiger partial charge in [0.15, 0.2) is 5.76 Å². The summed E-state index contributed by atoms with van der Waals surface area (Å²) in [5, 5.41) is 3.43. The van der Waals surface area contributed by atoms with Gasteiger partial charge in [-0.2, -0.15) is 0 Å². The highest BCUT2D eigenvalue weighted by molar-refractivity contribution is 7.84. The number of amides is 1. The van der Waals surface area contributed by atoms with Gasteiger partial charge in [-0.3, -0.25) is 9.00 Å². The van der Waals surface area contributed by atoms with Crippen LogP contribution in [-0.2, 0) is 16.6 Å². The van der Waals surface area contributed by atoms with Crippen LogP contribution >= 0.6 is 11.6 Å². The third-order valence-electron chi connectivity index (χ3n) is 4.33. The van der Waals surface area contributed by atoms with E-state index >= 15 is 0 Å². The lowest BCUT2D eigenvalue weighted by atomic mass is 9.97. The van der Waals surface area contributed by atoms with Crippen LogP contribution in [0.15, 0.2) is 57.4 Å². The number of hydrogen-bond donors (Lipinski definition) is 1. The van der Waals surface area contributed by atoms with Gasteiger partial charge in [0, 0.05) is 16.5 Å². The molecule has 0 radical (unpaired) electrons. The van der Waals surface area contributed by atoms with Gasteiger partial charge in [-0.05, 0) is 62.4 Å². The Morgan fingerprint density at radius 3 is 2.88 bits per heavy atom. The molecule has 2 aromatic rings. The second kappa shape index (κ2) is 9.19. The fraction of sp³-hybridized carbons (Fsp3) is 0.350. The first-order valence-electron chi connectivity index (χ1n) is 8.80. The van der Waals surface area contributed by atoms with Crippen molar-refractivity contribution < 1.29 is 13.4 Å². The average molecular weight is 392 g/mol. The van der Waals surface area contributed by atoms with Crippen LogP contribution in [0, 0.1) is 0 Å². The third kappa shape index (κ3) is 5.32. The van der Waals surface area contributed by atoms with Gasteiger partial charge in [0.05, 0.1) is 16.6 Å². The number of carbonyl (C=O) groups is 1. The van der Waals surface area contributed by atoms with E-state index in [4.69, 9.17) is 16.0 Å². The normalized spacial score (nSPS) is 15.3. The zero-order chi connectivity index (χ0) is 18.4. The maximum Gasteiger partial charge on any atom is 0.287 e. The monoisotopic (exact) mass is 391 g/mol. The van der Waals surface area contributed by atoms with Crippen LogP contribution in [0.25, 0.3) is 0 Å². The zero-order valence-corrected chi connectivity index (χ0v) is 16.1. The van der Waals surface area contributed by atoms with Gasteiger partial charge in [0.2, 0.25) is 0 Å². The molecule has 0 fully saturated rings. The molecule has 1 atom stereocenters. The molecule has 1 heterocycles. The SMILES string of the molecule is O=C(NCCC1=CCCCC1)c1ccc(C[S@@](=O)c2cccc(Cl)c2)o1. The number of halogens is 1. The molecule has 3 rings (SSSR count). The first kappa shape index (κ1) is 18.9. The van der Waals surface area contributed by atoms with E-state index in [2.05, 4.69) is 11.4 Å². The number of hydrogen-bond acceptors (Lipinski definition) is 3. The van der Waals surface area contributed by atoms with Crippen LogP contribution in [0.1, 0.15) is 48.4 Å². The minimum absolute atomic E-state index is 0.209. The number of nitrogens with one attached hydrogen (secondary N) is 1. The van der Waals surface area contributed by atoms with Gasteiger partial charge in [0.1, 0.15) is 5.76 Å². The Balaban J connectivity index is 1.51. The van der Waals surface area contributed by atoms with Crippen LogP contribution in [0.3, 0.4) is 0 Å². The van der Waals surface area contributed by atoms with Crippen molar-refractivity contribution >= 4 is 28.3 Å². The summed E-state index contributed by atoms with van der Waals surface area (Å²) in [6, 6.07) is 10.3. The molecule has 0 bridgehead atoms. The van der Waals surface area contributed by atoms with E-state index in [0.717, 1.165) is 19.3 Å². The molecule has 26 heavy (non-hydrogen) atoms. The van der Waals surface area contributed by atoms with Crippen molar-refractivity contribution in [3.63, 3.8) is 0 Å². The topological polar surface area (TPSA) is 59.3 Å². The van der Waals surface area contributed by atoms with E-state index in [-0.39, 0.29) is 17.4 Å². The number of benzene rings is 1. The van der Waals surface area contributed by atoms with Crippen molar-refractivity contribution in [2.45, 2.75) is 42.8 Å².